The molecule has 1 amide bonds. The largest absolute Gasteiger partial charge is 0.464 e. The zero-order valence-corrected chi connectivity index (χ0v) is 12.7. The Morgan fingerprint density at radius 1 is 1.48 bits per heavy atom. The van der Waals surface area contributed by atoms with Gasteiger partial charge in [-0.05, 0) is 17.7 Å². The van der Waals surface area contributed by atoms with Crippen LogP contribution >= 0.6 is 0 Å². The second kappa shape index (κ2) is 7.17. The molecule has 0 aliphatic carbocycles. The highest BCUT2D eigenvalue weighted by atomic mass is 16.5. The van der Waals surface area contributed by atoms with Gasteiger partial charge in [-0.3, -0.25) is 10.2 Å². The summed E-state index contributed by atoms with van der Waals surface area (Å²) in [5.74, 6) is -0.872. The standard InChI is InChI=1S/C15H15N5O3/c1-9-7-13(21)19-20-14(9)10-3-5-11(6-4-10)17-18-12(8-16)15(22)23-2/h3-6,9,17H,7H2,1-2H3,(H,19,21)/t9-/m0/s1. The number of nitrogens with zero attached hydrogens (tertiary/aromatic N) is 3. The third-order valence-corrected chi connectivity index (χ3v) is 3.22. The number of nitriles is 1. The minimum absolute atomic E-state index is 0.0325. The van der Waals surface area contributed by atoms with Crippen LogP contribution in [0.25, 0.3) is 0 Å². The number of amides is 1. The maximum absolute atomic E-state index is 11.3. The number of hydrazone groups is 2. The molecule has 1 aromatic carbocycles. The lowest BCUT2D eigenvalue weighted by molar-refractivity contribution is -0.132. The Kier molecular flexibility index (Phi) is 5.04. The number of nitrogens with one attached hydrogen (secondary N) is 2. The van der Waals surface area contributed by atoms with Gasteiger partial charge in [-0.15, -0.1) is 0 Å². The average Bonchev–Trinajstić information content (AvgIpc) is 2.56. The molecule has 1 atom stereocenters. The van der Waals surface area contributed by atoms with Gasteiger partial charge in [0.2, 0.25) is 11.6 Å². The molecule has 1 heterocycles. The van der Waals surface area contributed by atoms with Gasteiger partial charge < -0.3 is 4.74 Å². The number of methoxy groups -OCH3 is 1. The van der Waals surface area contributed by atoms with Crippen LogP contribution < -0.4 is 10.9 Å². The van der Waals surface area contributed by atoms with Gasteiger partial charge in [0.25, 0.3) is 0 Å². The number of benzene rings is 1. The van der Waals surface area contributed by atoms with E-state index in [4.69, 9.17) is 5.26 Å². The van der Waals surface area contributed by atoms with Crippen molar-refractivity contribution in [2.75, 3.05) is 12.5 Å². The number of anilines is 1. The van der Waals surface area contributed by atoms with Crippen LogP contribution in [0.2, 0.25) is 0 Å². The molecule has 2 N–H and O–H groups in total. The molecule has 1 aromatic rings. The van der Waals surface area contributed by atoms with Gasteiger partial charge >= 0.3 is 5.97 Å². The minimum atomic E-state index is -0.808. The molecule has 23 heavy (non-hydrogen) atoms. The highest BCUT2D eigenvalue weighted by molar-refractivity contribution is 6.43. The predicted octanol–water partition coefficient (Wildman–Crippen LogP) is 1.01. The van der Waals surface area contributed by atoms with E-state index in [1.54, 1.807) is 18.2 Å². The van der Waals surface area contributed by atoms with Gasteiger partial charge in [-0.2, -0.15) is 15.5 Å². The van der Waals surface area contributed by atoms with Crippen molar-refractivity contribution >= 4 is 29.0 Å². The Hall–Kier alpha value is -3.21. The smallest absolute Gasteiger partial charge is 0.369 e. The SMILES string of the molecule is COC(=O)C(C#N)=NNc1ccc(C2=NNC(=O)C[C@@H]2C)cc1. The number of hydrogen-bond donors (Lipinski definition) is 2. The van der Waals surface area contributed by atoms with Crippen molar-refractivity contribution < 1.29 is 14.3 Å². The van der Waals surface area contributed by atoms with E-state index in [9.17, 15) is 9.59 Å². The zero-order valence-electron chi connectivity index (χ0n) is 12.7. The molecule has 2 rings (SSSR count). The molecular formula is C15H15N5O3. The van der Waals surface area contributed by atoms with Crippen LogP contribution in [0.4, 0.5) is 5.69 Å². The highest BCUT2D eigenvalue weighted by Gasteiger charge is 2.21. The molecule has 8 heteroatoms. The molecule has 0 aromatic heterocycles. The van der Waals surface area contributed by atoms with E-state index in [-0.39, 0.29) is 17.5 Å². The molecule has 0 bridgehead atoms. The molecule has 0 radical (unpaired) electrons. The van der Waals surface area contributed by atoms with E-state index in [1.807, 2.05) is 19.1 Å². The summed E-state index contributed by atoms with van der Waals surface area (Å²) >= 11 is 0. The summed E-state index contributed by atoms with van der Waals surface area (Å²) in [7, 11) is 1.18. The van der Waals surface area contributed by atoms with E-state index in [2.05, 4.69) is 25.8 Å². The minimum Gasteiger partial charge on any atom is -0.464 e. The first-order valence-electron chi connectivity index (χ1n) is 6.84. The first kappa shape index (κ1) is 16.2. The summed E-state index contributed by atoms with van der Waals surface area (Å²) < 4.78 is 4.43. The topological polar surface area (TPSA) is 116 Å². The molecule has 1 aliphatic heterocycles. The third kappa shape index (κ3) is 3.91. The van der Waals surface area contributed by atoms with Crippen LogP contribution in [0, 0.1) is 17.2 Å². The summed E-state index contributed by atoms with van der Waals surface area (Å²) in [5.41, 5.74) is 6.98. The maximum Gasteiger partial charge on any atom is 0.369 e. The van der Waals surface area contributed by atoms with E-state index in [1.165, 1.54) is 7.11 Å². The fraction of sp³-hybridized carbons (Fsp3) is 0.267. The van der Waals surface area contributed by atoms with Gasteiger partial charge in [0.05, 0.1) is 18.5 Å². The Labute approximate surface area is 132 Å². The summed E-state index contributed by atoms with van der Waals surface area (Å²) in [5, 5.41) is 16.6. The Morgan fingerprint density at radius 3 is 2.74 bits per heavy atom. The number of hydrogen-bond acceptors (Lipinski definition) is 7. The molecule has 0 unspecified atom stereocenters. The van der Waals surface area contributed by atoms with E-state index >= 15 is 0 Å². The molecule has 0 saturated heterocycles. The average molecular weight is 313 g/mol. The quantitative estimate of drug-likeness (QED) is 0.489. The number of carbonyl (C=O) groups excluding carboxylic acids is 2. The van der Waals surface area contributed by atoms with E-state index in [0.29, 0.717) is 12.1 Å². The highest BCUT2D eigenvalue weighted by Crippen LogP contribution is 2.18. The van der Waals surface area contributed by atoms with Crippen molar-refractivity contribution in [2.24, 2.45) is 16.1 Å². The van der Waals surface area contributed by atoms with E-state index < -0.39 is 5.97 Å². The molecule has 8 nitrogen and oxygen atoms in total. The Balaban J connectivity index is 2.11. The first-order valence-corrected chi connectivity index (χ1v) is 6.84. The molecule has 0 spiro atoms. The summed E-state index contributed by atoms with van der Waals surface area (Å²) in [6, 6.07) is 8.74. The molecule has 0 fully saturated rings. The van der Waals surface area contributed by atoms with Crippen LogP contribution in [-0.2, 0) is 14.3 Å². The van der Waals surface area contributed by atoms with Crippen LogP contribution in [0.3, 0.4) is 0 Å². The van der Waals surface area contributed by atoms with Crippen LogP contribution in [0.1, 0.15) is 18.9 Å². The lowest BCUT2D eigenvalue weighted by Crippen LogP contribution is -2.31. The van der Waals surface area contributed by atoms with Crippen LogP contribution in [0.5, 0.6) is 0 Å². The zero-order chi connectivity index (χ0) is 16.8. The molecular weight excluding hydrogens is 298 g/mol. The number of carbonyl (C=O) groups is 2. The molecule has 1 aliphatic rings. The van der Waals surface area contributed by atoms with Crippen molar-refractivity contribution in [1.29, 1.82) is 5.26 Å². The van der Waals surface area contributed by atoms with Crippen molar-refractivity contribution in [3.63, 3.8) is 0 Å². The van der Waals surface area contributed by atoms with Gasteiger partial charge in [-0.1, -0.05) is 19.1 Å². The summed E-state index contributed by atoms with van der Waals surface area (Å²) in [6.45, 7) is 1.93. The lowest BCUT2D eigenvalue weighted by Gasteiger charge is -2.19. The number of esters is 1. The van der Waals surface area contributed by atoms with Crippen molar-refractivity contribution in [2.45, 2.75) is 13.3 Å². The fourth-order valence-electron chi connectivity index (χ4n) is 2.05. The molecule has 118 valence electrons. The van der Waals surface area contributed by atoms with Crippen LogP contribution in [-0.4, -0.2) is 30.4 Å². The monoisotopic (exact) mass is 313 g/mol. The second-order valence-corrected chi connectivity index (χ2v) is 4.89. The normalized spacial score (nSPS) is 17.6. The van der Waals surface area contributed by atoms with Crippen molar-refractivity contribution in [3.8, 4) is 6.07 Å². The predicted molar refractivity (Wildman–Crippen MR) is 83.6 cm³/mol. The van der Waals surface area contributed by atoms with E-state index in [0.717, 1.165) is 11.3 Å². The number of ether oxygens (including phenoxy) is 1. The third-order valence-electron chi connectivity index (χ3n) is 3.22. The lowest BCUT2D eigenvalue weighted by atomic mass is 9.94. The Bertz CT molecular complexity index is 716. The summed E-state index contributed by atoms with van der Waals surface area (Å²) in [4.78, 5) is 22.5. The van der Waals surface area contributed by atoms with Gasteiger partial charge in [0.1, 0.15) is 6.07 Å². The van der Waals surface area contributed by atoms with Crippen molar-refractivity contribution in [1.82, 2.24) is 5.43 Å². The van der Waals surface area contributed by atoms with Gasteiger partial charge in [0, 0.05) is 12.3 Å². The Morgan fingerprint density at radius 2 is 2.17 bits per heavy atom. The maximum atomic E-state index is 11.3. The second-order valence-electron chi connectivity index (χ2n) is 4.89. The van der Waals surface area contributed by atoms with Crippen molar-refractivity contribution in [3.05, 3.63) is 29.8 Å². The van der Waals surface area contributed by atoms with Gasteiger partial charge in [-0.25, -0.2) is 10.2 Å². The van der Waals surface area contributed by atoms with Gasteiger partial charge in [0.15, 0.2) is 0 Å². The number of rotatable bonds is 4. The fourth-order valence-corrected chi connectivity index (χ4v) is 2.05. The first-order chi connectivity index (χ1) is 11.0. The summed E-state index contributed by atoms with van der Waals surface area (Å²) in [6.07, 6.45) is 0.397. The van der Waals surface area contributed by atoms with Crippen LogP contribution in [0.15, 0.2) is 34.5 Å². The molecule has 0 saturated carbocycles.